The van der Waals surface area contributed by atoms with E-state index in [9.17, 15) is 18.3 Å². The van der Waals surface area contributed by atoms with E-state index >= 15 is 0 Å². The Bertz CT molecular complexity index is 774. The van der Waals surface area contributed by atoms with E-state index in [4.69, 9.17) is 0 Å². The standard InChI is InChI=1S/C16H17NO5S/c1-22-16(19)14(11-18)17-23(20,21)15-10-6-5-9-13(15)12-7-3-2-4-8-12/h2-10,14,17-18H,11H2,1H3/t14-/m0/s1. The van der Waals surface area contributed by atoms with Crippen molar-refractivity contribution in [3.05, 3.63) is 54.6 Å². The number of nitrogens with one attached hydrogen (secondary N) is 1. The lowest BCUT2D eigenvalue weighted by Crippen LogP contribution is -2.44. The predicted molar refractivity (Wildman–Crippen MR) is 85.1 cm³/mol. The molecule has 2 N–H and O–H groups in total. The van der Waals surface area contributed by atoms with Crippen molar-refractivity contribution in [2.45, 2.75) is 10.9 Å². The molecule has 0 aliphatic carbocycles. The van der Waals surface area contributed by atoms with Crippen molar-refractivity contribution in [1.82, 2.24) is 4.72 Å². The zero-order valence-corrected chi connectivity index (χ0v) is 13.3. The average molecular weight is 335 g/mol. The van der Waals surface area contributed by atoms with E-state index < -0.39 is 28.6 Å². The predicted octanol–water partition coefficient (Wildman–Crippen LogP) is 1.17. The molecule has 0 aliphatic heterocycles. The van der Waals surface area contributed by atoms with Crippen LogP contribution in [0.15, 0.2) is 59.5 Å². The fraction of sp³-hybridized carbons (Fsp3) is 0.188. The van der Waals surface area contributed by atoms with E-state index in [1.54, 1.807) is 42.5 Å². The number of aliphatic hydroxyl groups is 1. The third-order valence-corrected chi connectivity index (χ3v) is 4.76. The number of ether oxygens (including phenoxy) is 1. The summed E-state index contributed by atoms with van der Waals surface area (Å²) in [6.07, 6.45) is 0. The summed E-state index contributed by atoms with van der Waals surface area (Å²) in [5, 5.41) is 9.20. The SMILES string of the molecule is COC(=O)[C@H](CO)NS(=O)(=O)c1ccccc1-c1ccccc1. The molecule has 2 aromatic carbocycles. The molecule has 2 rings (SSSR count). The van der Waals surface area contributed by atoms with E-state index in [1.807, 2.05) is 6.07 Å². The molecule has 122 valence electrons. The normalized spacial score (nSPS) is 12.6. The van der Waals surface area contributed by atoms with Gasteiger partial charge in [-0.15, -0.1) is 0 Å². The van der Waals surface area contributed by atoms with Gasteiger partial charge in [-0.1, -0.05) is 48.5 Å². The average Bonchev–Trinajstić information content (AvgIpc) is 2.59. The number of hydrogen-bond acceptors (Lipinski definition) is 5. The molecule has 0 saturated heterocycles. The number of carbonyl (C=O) groups excluding carboxylic acids is 1. The molecule has 0 bridgehead atoms. The molecule has 0 unspecified atom stereocenters. The monoisotopic (exact) mass is 335 g/mol. The summed E-state index contributed by atoms with van der Waals surface area (Å²) in [6.45, 7) is -0.695. The Hall–Kier alpha value is -2.22. The van der Waals surface area contributed by atoms with Gasteiger partial charge >= 0.3 is 5.97 Å². The van der Waals surface area contributed by atoms with Crippen molar-refractivity contribution in [2.75, 3.05) is 13.7 Å². The fourth-order valence-electron chi connectivity index (χ4n) is 2.11. The number of benzene rings is 2. The molecule has 0 aromatic heterocycles. The van der Waals surface area contributed by atoms with Gasteiger partial charge in [-0.05, 0) is 11.6 Å². The molecule has 0 fully saturated rings. The van der Waals surface area contributed by atoms with Gasteiger partial charge < -0.3 is 9.84 Å². The summed E-state index contributed by atoms with van der Waals surface area (Å²) in [7, 11) is -2.89. The maximum Gasteiger partial charge on any atom is 0.326 e. The van der Waals surface area contributed by atoms with Gasteiger partial charge in [-0.2, -0.15) is 4.72 Å². The largest absolute Gasteiger partial charge is 0.468 e. The highest BCUT2D eigenvalue weighted by molar-refractivity contribution is 7.89. The molecule has 0 radical (unpaired) electrons. The zero-order valence-electron chi connectivity index (χ0n) is 12.5. The Labute approximate surface area is 134 Å². The quantitative estimate of drug-likeness (QED) is 0.773. The molecule has 2 aromatic rings. The topological polar surface area (TPSA) is 92.7 Å². The van der Waals surface area contributed by atoms with Crippen LogP contribution in [0.1, 0.15) is 0 Å². The van der Waals surface area contributed by atoms with Gasteiger partial charge in [0.05, 0.1) is 18.6 Å². The summed E-state index contributed by atoms with van der Waals surface area (Å²) in [5.74, 6) is -0.853. The van der Waals surface area contributed by atoms with Crippen molar-refractivity contribution in [1.29, 1.82) is 0 Å². The van der Waals surface area contributed by atoms with E-state index in [-0.39, 0.29) is 4.90 Å². The molecule has 0 aliphatic rings. The molecule has 6 nitrogen and oxygen atoms in total. The van der Waals surface area contributed by atoms with Crippen LogP contribution >= 0.6 is 0 Å². The first kappa shape index (κ1) is 17.1. The Morgan fingerprint density at radius 1 is 1.13 bits per heavy atom. The minimum Gasteiger partial charge on any atom is -0.468 e. The van der Waals surface area contributed by atoms with Crippen LogP contribution in [-0.2, 0) is 19.6 Å². The summed E-state index contributed by atoms with van der Waals surface area (Å²) < 4.78 is 31.8. The number of methoxy groups -OCH3 is 1. The van der Waals surface area contributed by atoms with Gasteiger partial charge in [0.15, 0.2) is 0 Å². The Morgan fingerprint density at radius 2 is 1.74 bits per heavy atom. The molecular formula is C16H17NO5S. The lowest BCUT2D eigenvalue weighted by atomic mass is 10.1. The first-order chi connectivity index (χ1) is 11.0. The van der Waals surface area contributed by atoms with Crippen molar-refractivity contribution >= 4 is 16.0 Å². The van der Waals surface area contributed by atoms with Crippen LogP contribution in [0.5, 0.6) is 0 Å². The van der Waals surface area contributed by atoms with Crippen molar-refractivity contribution < 1.29 is 23.1 Å². The van der Waals surface area contributed by atoms with Crippen molar-refractivity contribution in [3.63, 3.8) is 0 Å². The van der Waals surface area contributed by atoms with Gasteiger partial charge in [0.2, 0.25) is 10.0 Å². The molecule has 0 spiro atoms. The van der Waals surface area contributed by atoms with E-state index in [0.717, 1.165) is 12.7 Å². The molecule has 0 amide bonds. The minimum absolute atomic E-state index is 0.0218. The second kappa shape index (κ2) is 7.36. The molecule has 0 heterocycles. The van der Waals surface area contributed by atoms with Gasteiger partial charge in [-0.25, -0.2) is 8.42 Å². The van der Waals surface area contributed by atoms with Gasteiger partial charge in [0.25, 0.3) is 0 Å². The van der Waals surface area contributed by atoms with Crippen molar-refractivity contribution in [2.24, 2.45) is 0 Å². The van der Waals surface area contributed by atoms with Crippen LogP contribution in [0, 0.1) is 0 Å². The second-order valence-corrected chi connectivity index (χ2v) is 6.42. The van der Waals surface area contributed by atoms with Gasteiger partial charge in [-0.3, -0.25) is 4.79 Å². The third kappa shape index (κ3) is 3.95. The molecule has 1 atom stereocenters. The highest BCUT2D eigenvalue weighted by atomic mass is 32.2. The highest BCUT2D eigenvalue weighted by Crippen LogP contribution is 2.27. The Balaban J connectivity index is 2.43. The van der Waals surface area contributed by atoms with E-state index in [2.05, 4.69) is 9.46 Å². The number of hydrogen-bond donors (Lipinski definition) is 2. The first-order valence-electron chi connectivity index (χ1n) is 6.85. The summed E-state index contributed by atoms with van der Waals surface area (Å²) >= 11 is 0. The lowest BCUT2D eigenvalue weighted by molar-refractivity contribution is -0.143. The smallest absolute Gasteiger partial charge is 0.326 e. The van der Waals surface area contributed by atoms with Crippen molar-refractivity contribution in [3.8, 4) is 11.1 Å². The first-order valence-corrected chi connectivity index (χ1v) is 8.33. The van der Waals surface area contributed by atoms with Crippen LogP contribution in [0.4, 0.5) is 0 Å². The molecular weight excluding hydrogens is 318 g/mol. The number of rotatable bonds is 6. The maximum atomic E-state index is 12.6. The Kier molecular flexibility index (Phi) is 5.49. The maximum absolute atomic E-state index is 12.6. The van der Waals surface area contributed by atoms with Gasteiger partial charge in [0, 0.05) is 5.56 Å². The van der Waals surface area contributed by atoms with Crippen LogP contribution < -0.4 is 4.72 Å². The van der Waals surface area contributed by atoms with E-state index in [1.165, 1.54) is 6.07 Å². The second-order valence-electron chi connectivity index (χ2n) is 4.74. The van der Waals surface area contributed by atoms with Crippen LogP contribution in [0.2, 0.25) is 0 Å². The molecule has 23 heavy (non-hydrogen) atoms. The number of esters is 1. The number of sulfonamides is 1. The Morgan fingerprint density at radius 3 is 2.35 bits per heavy atom. The summed E-state index contributed by atoms with van der Waals surface area (Å²) in [6, 6.07) is 14.1. The summed E-state index contributed by atoms with van der Waals surface area (Å²) in [4.78, 5) is 11.5. The number of carbonyl (C=O) groups is 1. The van der Waals surface area contributed by atoms with Crippen LogP contribution in [0.3, 0.4) is 0 Å². The highest BCUT2D eigenvalue weighted by Gasteiger charge is 2.27. The van der Waals surface area contributed by atoms with E-state index in [0.29, 0.717) is 5.56 Å². The van der Waals surface area contributed by atoms with Crippen LogP contribution in [-0.4, -0.2) is 39.3 Å². The minimum atomic E-state index is -4.02. The third-order valence-electron chi connectivity index (χ3n) is 3.23. The van der Waals surface area contributed by atoms with Crippen LogP contribution in [0.25, 0.3) is 11.1 Å². The number of aliphatic hydroxyl groups excluding tert-OH is 1. The lowest BCUT2D eigenvalue weighted by Gasteiger charge is -2.16. The molecule has 0 saturated carbocycles. The van der Waals surface area contributed by atoms with Gasteiger partial charge in [0.1, 0.15) is 6.04 Å². The zero-order chi connectivity index (χ0) is 16.9. The fourth-order valence-corrected chi connectivity index (χ4v) is 3.52. The molecule has 7 heteroatoms. The summed E-state index contributed by atoms with van der Waals surface area (Å²) in [5.41, 5.74) is 1.23.